The first-order valence-electron chi connectivity index (χ1n) is 6.72. The molecule has 2 heterocycles. The molecule has 1 aliphatic rings. The Morgan fingerprint density at radius 2 is 1.90 bits per heavy atom. The molecule has 0 radical (unpaired) electrons. The van der Waals surface area contributed by atoms with Crippen molar-refractivity contribution in [2.45, 2.75) is 38.9 Å². The van der Waals surface area contributed by atoms with Crippen LogP contribution in [0.1, 0.15) is 33.3 Å². The van der Waals surface area contributed by atoms with Crippen LogP contribution in [0, 0.1) is 0 Å². The summed E-state index contributed by atoms with van der Waals surface area (Å²) >= 11 is 0. The SMILES string of the molecule is CC1(C)OB(C(=Cc2ccncc2N)CN)OC1(C)C. The van der Waals surface area contributed by atoms with E-state index < -0.39 is 7.12 Å². The third kappa shape index (κ3) is 2.72. The minimum absolute atomic E-state index is 0.346. The Morgan fingerprint density at radius 3 is 2.40 bits per heavy atom. The summed E-state index contributed by atoms with van der Waals surface area (Å²) in [4.78, 5) is 3.97. The number of rotatable bonds is 3. The molecule has 20 heavy (non-hydrogen) atoms. The highest BCUT2D eigenvalue weighted by molar-refractivity contribution is 6.56. The number of hydrogen-bond donors (Lipinski definition) is 2. The van der Waals surface area contributed by atoms with Crippen LogP contribution >= 0.6 is 0 Å². The second-order valence-electron chi connectivity index (χ2n) is 6.02. The summed E-state index contributed by atoms with van der Waals surface area (Å²) in [6, 6.07) is 1.84. The van der Waals surface area contributed by atoms with Gasteiger partial charge in [0.05, 0.1) is 23.1 Å². The molecule has 108 valence electrons. The zero-order valence-corrected chi connectivity index (χ0v) is 12.5. The van der Waals surface area contributed by atoms with Crippen molar-refractivity contribution in [3.8, 4) is 0 Å². The van der Waals surface area contributed by atoms with E-state index in [9.17, 15) is 0 Å². The molecule has 0 unspecified atom stereocenters. The summed E-state index contributed by atoms with van der Waals surface area (Å²) in [6.45, 7) is 8.41. The lowest BCUT2D eigenvalue weighted by molar-refractivity contribution is 0.00578. The molecule has 0 bridgehead atoms. The third-order valence-corrected chi connectivity index (χ3v) is 4.02. The lowest BCUT2D eigenvalue weighted by Gasteiger charge is -2.32. The molecule has 1 aliphatic heterocycles. The predicted octanol–water partition coefficient (Wildman–Crippen LogP) is 1.64. The average Bonchev–Trinajstić information content (AvgIpc) is 2.57. The molecule has 5 nitrogen and oxygen atoms in total. The summed E-state index contributed by atoms with van der Waals surface area (Å²) in [5.41, 5.74) is 13.3. The molecule has 0 amide bonds. The molecular weight excluding hydrogens is 253 g/mol. The van der Waals surface area contributed by atoms with Gasteiger partial charge in [-0.3, -0.25) is 4.98 Å². The number of anilines is 1. The van der Waals surface area contributed by atoms with Crippen molar-refractivity contribution in [3.05, 3.63) is 29.5 Å². The number of nitrogen functional groups attached to an aromatic ring is 1. The Kier molecular flexibility index (Phi) is 3.91. The molecule has 4 N–H and O–H groups in total. The van der Waals surface area contributed by atoms with E-state index in [0.29, 0.717) is 12.2 Å². The van der Waals surface area contributed by atoms with Crippen LogP contribution in [0.3, 0.4) is 0 Å². The van der Waals surface area contributed by atoms with Crippen molar-refractivity contribution in [3.63, 3.8) is 0 Å². The van der Waals surface area contributed by atoms with Crippen molar-refractivity contribution >= 4 is 18.9 Å². The van der Waals surface area contributed by atoms with Gasteiger partial charge in [-0.2, -0.15) is 0 Å². The smallest absolute Gasteiger partial charge is 0.400 e. The van der Waals surface area contributed by atoms with Crippen molar-refractivity contribution in [2.24, 2.45) is 5.73 Å². The summed E-state index contributed by atoms with van der Waals surface area (Å²) in [7, 11) is -0.447. The van der Waals surface area contributed by atoms with Crippen LogP contribution in [-0.2, 0) is 9.31 Å². The number of nitrogens with two attached hydrogens (primary N) is 2. The standard InChI is InChI=1S/C14H22BN3O2/c1-13(2)14(3,4)20-15(19-13)11(8-16)7-10-5-6-18-9-12(10)17/h5-7,9H,8,16-17H2,1-4H3. The lowest BCUT2D eigenvalue weighted by Crippen LogP contribution is -2.41. The number of aromatic nitrogens is 1. The van der Waals surface area contributed by atoms with Gasteiger partial charge in [-0.15, -0.1) is 0 Å². The molecule has 2 rings (SSSR count). The summed E-state index contributed by atoms with van der Waals surface area (Å²) in [5, 5.41) is 0. The monoisotopic (exact) mass is 275 g/mol. The Labute approximate surface area is 120 Å². The number of nitrogens with zero attached hydrogens (tertiary/aromatic N) is 1. The van der Waals surface area contributed by atoms with Crippen molar-refractivity contribution in [1.82, 2.24) is 4.98 Å². The minimum Gasteiger partial charge on any atom is -0.400 e. The molecule has 1 fully saturated rings. The molecule has 0 aliphatic carbocycles. The molecule has 1 aromatic rings. The highest BCUT2D eigenvalue weighted by Gasteiger charge is 2.52. The topological polar surface area (TPSA) is 83.4 Å². The van der Waals surface area contributed by atoms with Gasteiger partial charge in [0.15, 0.2) is 0 Å². The highest BCUT2D eigenvalue weighted by atomic mass is 16.7. The first-order chi connectivity index (χ1) is 9.27. The zero-order valence-electron chi connectivity index (χ0n) is 12.5. The molecule has 0 saturated carbocycles. The highest BCUT2D eigenvalue weighted by Crippen LogP contribution is 2.38. The van der Waals surface area contributed by atoms with Crippen LogP contribution in [-0.4, -0.2) is 29.8 Å². The maximum Gasteiger partial charge on any atom is 0.491 e. The van der Waals surface area contributed by atoms with Crippen LogP contribution in [0.4, 0.5) is 5.69 Å². The van der Waals surface area contributed by atoms with Gasteiger partial charge in [-0.1, -0.05) is 6.08 Å². The summed E-state index contributed by atoms with van der Waals surface area (Å²) in [5.74, 6) is 0. The fraction of sp³-hybridized carbons (Fsp3) is 0.500. The van der Waals surface area contributed by atoms with Crippen molar-refractivity contribution in [1.29, 1.82) is 0 Å². The first kappa shape index (κ1) is 15.0. The van der Waals surface area contributed by atoms with E-state index in [1.807, 2.05) is 39.8 Å². The Hall–Kier alpha value is -1.37. The molecule has 1 aromatic heterocycles. The van der Waals surface area contributed by atoms with Gasteiger partial charge in [0.25, 0.3) is 0 Å². The van der Waals surface area contributed by atoms with Crippen molar-refractivity contribution in [2.75, 3.05) is 12.3 Å². The molecule has 0 spiro atoms. The fourth-order valence-electron chi connectivity index (χ4n) is 1.97. The van der Waals surface area contributed by atoms with Crippen molar-refractivity contribution < 1.29 is 9.31 Å². The summed E-state index contributed by atoms with van der Waals surface area (Å²) < 4.78 is 12.0. The fourth-order valence-corrected chi connectivity index (χ4v) is 1.97. The molecular formula is C14H22BN3O2. The average molecular weight is 275 g/mol. The van der Waals surface area contributed by atoms with Crippen LogP contribution in [0.25, 0.3) is 6.08 Å². The van der Waals surface area contributed by atoms with Crippen LogP contribution < -0.4 is 11.5 Å². The quantitative estimate of drug-likeness (QED) is 0.819. The predicted molar refractivity (Wildman–Crippen MR) is 81.8 cm³/mol. The van der Waals surface area contributed by atoms with Crippen LogP contribution in [0.2, 0.25) is 0 Å². The van der Waals surface area contributed by atoms with Crippen LogP contribution in [0.5, 0.6) is 0 Å². The lowest BCUT2D eigenvalue weighted by atomic mass is 9.77. The van der Waals surface area contributed by atoms with Gasteiger partial charge >= 0.3 is 7.12 Å². The second-order valence-corrected chi connectivity index (χ2v) is 6.02. The molecule has 1 saturated heterocycles. The van der Waals surface area contributed by atoms with Gasteiger partial charge < -0.3 is 20.8 Å². The normalized spacial score (nSPS) is 21.2. The van der Waals surface area contributed by atoms with Gasteiger partial charge in [-0.05, 0) is 44.8 Å². The minimum atomic E-state index is -0.447. The second kappa shape index (κ2) is 5.20. The maximum absolute atomic E-state index is 6.00. The van der Waals surface area contributed by atoms with E-state index in [1.54, 1.807) is 12.4 Å². The Balaban J connectivity index is 2.29. The van der Waals surface area contributed by atoms with Crippen LogP contribution in [0.15, 0.2) is 23.9 Å². The van der Waals surface area contributed by atoms with E-state index in [-0.39, 0.29) is 11.2 Å². The van der Waals surface area contributed by atoms with E-state index in [4.69, 9.17) is 20.8 Å². The van der Waals surface area contributed by atoms with Gasteiger partial charge in [0.1, 0.15) is 0 Å². The largest absolute Gasteiger partial charge is 0.491 e. The first-order valence-corrected chi connectivity index (χ1v) is 6.72. The van der Waals surface area contributed by atoms with Gasteiger partial charge in [0.2, 0.25) is 0 Å². The molecule has 0 aromatic carbocycles. The van der Waals surface area contributed by atoms with Gasteiger partial charge in [-0.25, -0.2) is 0 Å². The Morgan fingerprint density at radius 1 is 1.30 bits per heavy atom. The van der Waals surface area contributed by atoms with E-state index >= 15 is 0 Å². The molecule has 6 heteroatoms. The maximum atomic E-state index is 6.00. The number of hydrogen-bond acceptors (Lipinski definition) is 5. The molecule has 0 atom stereocenters. The van der Waals surface area contributed by atoms with E-state index in [2.05, 4.69) is 4.98 Å². The Bertz CT molecular complexity index is 513. The number of pyridine rings is 1. The van der Waals surface area contributed by atoms with E-state index in [0.717, 1.165) is 11.0 Å². The van der Waals surface area contributed by atoms with Gasteiger partial charge in [0, 0.05) is 12.7 Å². The zero-order chi connectivity index (χ0) is 15.0. The third-order valence-electron chi connectivity index (χ3n) is 4.02. The van der Waals surface area contributed by atoms with E-state index in [1.165, 1.54) is 0 Å². The summed E-state index contributed by atoms with van der Waals surface area (Å²) in [6.07, 6.45) is 5.23.